The van der Waals surface area contributed by atoms with Crippen molar-refractivity contribution in [2.45, 2.75) is 19.0 Å². The van der Waals surface area contributed by atoms with E-state index in [0.29, 0.717) is 0 Å². The second kappa shape index (κ2) is 6.61. The van der Waals surface area contributed by atoms with Gasteiger partial charge in [0.05, 0.1) is 10.6 Å². The van der Waals surface area contributed by atoms with Gasteiger partial charge in [-0.1, -0.05) is 27.5 Å². The fraction of sp³-hybridized carbons (Fsp3) is 0.417. The van der Waals surface area contributed by atoms with Gasteiger partial charge < -0.3 is 4.90 Å². The van der Waals surface area contributed by atoms with Crippen molar-refractivity contribution in [3.05, 3.63) is 33.3 Å². The molecule has 0 aromatic heterocycles. The molecule has 2 nitrogen and oxygen atoms in total. The van der Waals surface area contributed by atoms with Gasteiger partial charge in [-0.15, -0.1) is 0 Å². The quantitative estimate of drug-likeness (QED) is 0.775. The zero-order valence-corrected chi connectivity index (χ0v) is 12.4. The van der Waals surface area contributed by atoms with E-state index in [0.717, 1.165) is 4.47 Å². The van der Waals surface area contributed by atoms with Crippen LogP contribution in [0.5, 0.6) is 0 Å². The minimum absolute atomic E-state index is 0.0325. The van der Waals surface area contributed by atoms with Crippen LogP contribution in [0.3, 0.4) is 0 Å². The molecule has 0 aliphatic rings. The molecular weight excluding hydrogens is 346 g/mol. The third kappa shape index (κ3) is 5.40. The highest BCUT2D eigenvalue weighted by atomic mass is 79.9. The van der Waals surface area contributed by atoms with Crippen LogP contribution in [0.15, 0.2) is 22.7 Å². The van der Waals surface area contributed by atoms with Gasteiger partial charge in [-0.25, -0.2) is 0 Å². The van der Waals surface area contributed by atoms with Gasteiger partial charge in [-0.05, 0) is 24.6 Å². The van der Waals surface area contributed by atoms with Crippen molar-refractivity contribution in [1.82, 2.24) is 4.90 Å². The van der Waals surface area contributed by atoms with E-state index >= 15 is 0 Å². The molecule has 0 saturated heterocycles. The Morgan fingerprint density at radius 1 is 1.42 bits per heavy atom. The fourth-order valence-electron chi connectivity index (χ4n) is 1.49. The second-order valence-electron chi connectivity index (χ2n) is 4.07. The molecule has 0 N–H and O–H groups in total. The average molecular weight is 359 g/mol. The first-order valence-corrected chi connectivity index (χ1v) is 6.65. The van der Waals surface area contributed by atoms with Crippen molar-refractivity contribution in [1.29, 1.82) is 0 Å². The Morgan fingerprint density at radius 3 is 2.58 bits per heavy atom. The lowest BCUT2D eigenvalue weighted by molar-refractivity contribution is -0.135. The molecule has 7 heteroatoms. The highest BCUT2D eigenvalue weighted by molar-refractivity contribution is 9.10. The summed E-state index contributed by atoms with van der Waals surface area (Å²) in [5, 5.41) is 0.266. The van der Waals surface area contributed by atoms with Crippen LogP contribution in [0.1, 0.15) is 23.2 Å². The lowest BCUT2D eigenvalue weighted by Gasteiger charge is -2.18. The SMILES string of the molecule is CN(CCCC(F)(F)F)C(=O)c1ccc(Br)cc1Cl. The van der Waals surface area contributed by atoms with Gasteiger partial charge >= 0.3 is 6.18 Å². The van der Waals surface area contributed by atoms with Gasteiger partial charge in [0.2, 0.25) is 0 Å². The fourth-order valence-corrected chi connectivity index (χ4v) is 2.24. The maximum Gasteiger partial charge on any atom is 0.389 e. The maximum atomic E-state index is 12.0. The van der Waals surface area contributed by atoms with Gasteiger partial charge in [-0.2, -0.15) is 13.2 Å². The van der Waals surface area contributed by atoms with E-state index < -0.39 is 12.6 Å². The normalized spacial score (nSPS) is 11.5. The number of halogens is 5. The van der Waals surface area contributed by atoms with Gasteiger partial charge in [0, 0.05) is 24.5 Å². The zero-order chi connectivity index (χ0) is 14.6. The molecule has 0 fully saturated rings. The third-order valence-electron chi connectivity index (χ3n) is 2.46. The highest BCUT2D eigenvalue weighted by Gasteiger charge is 2.26. The van der Waals surface area contributed by atoms with E-state index in [1.165, 1.54) is 18.0 Å². The maximum absolute atomic E-state index is 12.0. The highest BCUT2D eigenvalue weighted by Crippen LogP contribution is 2.24. The van der Waals surface area contributed by atoms with E-state index in [-0.39, 0.29) is 29.5 Å². The predicted molar refractivity (Wildman–Crippen MR) is 71.4 cm³/mol. The lowest BCUT2D eigenvalue weighted by atomic mass is 10.2. The summed E-state index contributed by atoms with van der Waals surface area (Å²) in [6.45, 7) is 0.0325. The van der Waals surface area contributed by atoms with Gasteiger partial charge in [-0.3, -0.25) is 4.79 Å². The molecule has 1 amide bonds. The number of nitrogens with zero attached hydrogens (tertiary/aromatic N) is 1. The molecule has 0 heterocycles. The monoisotopic (exact) mass is 357 g/mol. The first kappa shape index (κ1) is 16.3. The largest absolute Gasteiger partial charge is 0.389 e. The number of hydrogen-bond acceptors (Lipinski definition) is 1. The number of carbonyl (C=O) groups is 1. The molecule has 19 heavy (non-hydrogen) atoms. The molecule has 0 saturated carbocycles. The molecule has 0 spiro atoms. The Bertz CT molecular complexity index is 465. The van der Waals surface area contributed by atoms with Crippen LogP contribution >= 0.6 is 27.5 Å². The molecule has 0 atom stereocenters. The van der Waals surface area contributed by atoms with Crippen LogP contribution < -0.4 is 0 Å². The van der Waals surface area contributed by atoms with Crippen LogP contribution in [-0.4, -0.2) is 30.6 Å². The van der Waals surface area contributed by atoms with Crippen LogP contribution in [0, 0.1) is 0 Å². The summed E-state index contributed by atoms with van der Waals surface area (Å²) < 4.78 is 36.8. The van der Waals surface area contributed by atoms with Crippen molar-refractivity contribution in [2.75, 3.05) is 13.6 Å². The summed E-state index contributed by atoms with van der Waals surface area (Å²) in [6.07, 6.45) is -5.22. The topological polar surface area (TPSA) is 20.3 Å². The van der Waals surface area contributed by atoms with Gasteiger partial charge in [0.1, 0.15) is 0 Å². The Balaban J connectivity index is 2.62. The second-order valence-corrected chi connectivity index (χ2v) is 5.39. The molecule has 0 aliphatic carbocycles. The number of rotatable bonds is 4. The average Bonchev–Trinajstić information content (AvgIpc) is 2.26. The third-order valence-corrected chi connectivity index (χ3v) is 3.27. The van der Waals surface area contributed by atoms with Gasteiger partial charge in [0.15, 0.2) is 0 Å². The van der Waals surface area contributed by atoms with Crippen LogP contribution in [0.25, 0.3) is 0 Å². The Morgan fingerprint density at radius 2 is 2.05 bits per heavy atom. The van der Waals surface area contributed by atoms with Crippen LogP contribution in [-0.2, 0) is 0 Å². The predicted octanol–water partition coefficient (Wildman–Crippen LogP) is 4.52. The van der Waals surface area contributed by atoms with Crippen molar-refractivity contribution in [3.63, 3.8) is 0 Å². The first-order chi connectivity index (χ1) is 8.70. The van der Waals surface area contributed by atoms with E-state index in [4.69, 9.17) is 11.6 Å². The molecule has 0 aliphatic heterocycles. The summed E-state index contributed by atoms with van der Waals surface area (Å²) in [5.74, 6) is -0.389. The summed E-state index contributed by atoms with van der Waals surface area (Å²) in [4.78, 5) is 13.2. The minimum Gasteiger partial charge on any atom is -0.342 e. The molecule has 1 aromatic rings. The standard InChI is InChI=1S/C12H12BrClF3NO/c1-18(6-2-5-12(15,16)17)11(19)9-4-3-8(13)7-10(9)14/h3-4,7H,2,5-6H2,1H3. The smallest absolute Gasteiger partial charge is 0.342 e. The molecule has 0 bridgehead atoms. The molecule has 0 unspecified atom stereocenters. The summed E-state index contributed by atoms with van der Waals surface area (Å²) in [6, 6.07) is 4.76. The number of alkyl halides is 3. The lowest BCUT2D eigenvalue weighted by Crippen LogP contribution is -2.28. The molecule has 0 radical (unpaired) electrons. The van der Waals surface area contributed by atoms with Crippen LogP contribution in [0.2, 0.25) is 5.02 Å². The molecular formula is C12H12BrClF3NO. The summed E-state index contributed by atoms with van der Waals surface area (Å²) in [7, 11) is 1.46. The molecule has 1 aromatic carbocycles. The van der Waals surface area contributed by atoms with E-state index in [1.54, 1.807) is 12.1 Å². The Kier molecular flexibility index (Phi) is 5.67. The first-order valence-electron chi connectivity index (χ1n) is 5.48. The van der Waals surface area contributed by atoms with Crippen LogP contribution in [0.4, 0.5) is 13.2 Å². The van der Waals surface area contributed by atoms with Crippen molar-refractivity contribution >= 4 is 33.4 Å². The Labute approximate surface area is 122 Å². The number of amides is 1. The van der Waals surface area contributed by atoms with Crippen molar-refractivity contribution < 1.29 is 18.0 Å². The Hall–Kier alpha value is -0.750. The number of benzene rings is 1. The zero-order valence-electron chi connectivity index (χ0n) is 10.1. The van der Waals surface area contributed by atoms with E-state index in [1.807, 2.05) is 0 Å². The summed E-state index contributed by atoms with van der Waals surface area (Å²) in [5.41, 5.74) is 0.277. The van der Waals surface area contributed by atoms with Crippen molar-refractivity contribution in [3.8, 4) is 0 Å². The van der Waals surface area contributed by atoms with Gasteiger partial charge in [0.25, 0.3) is 5.91 Å². The van der Waals surface area contributed by atoms with Crippen molar-refractivity contribution in [2.24, 2.45) is 0 Å². The van der Waals surface area contributed by atoms with E-state index in [2.05, 4.69) is 15.9 Å². The molecule has 106 valence electrons. The number of carbonyl (C=O) groups excluding carboxylic acids is 1. The summed E-state index contributed by atoms with van der Waals surface area (Å²) >= 11 is 9.13. The number of hydrogen-bond donors (Lipinski definition) is 0. The minimum atomic E-state index is -4.20. The molecule has 1 rings (SSSR count). The van der Waals surface area contributed by atoms with E-state index in [9.17, 15) is 18.0 Å².